The fourth-order valence-electron chi connectivity index (χ4n) is 3.20. The Hall–Kier alpha value is -3.95. The van der Waals surface area contributed by atoms with E-state index in [0.29, 0.717) is 0 Å². The highest BCUT2D eigenvalue weighted by atomic mass is 19.4. The summed E-state index contributed by atoms with van der Waals surface area (Å²) in [6.45, 7) is 0. The number of carbonyl (C=O) groups is 1. The number of nitrogens with one attached hydrogen (secondary N) is 1. The van der Waals surface area contributed by atoms with E-state index in [9.17, 15) is 22.8 Å². The van der Waals surface area contributed by atoms with Gasteiger partial charge in [-0.25, -0.2) is 9.97 Å². The number of anilines is 1. The fourth-order valence-corrected chi connectivity index (χ4v) is 3.20. The molecule has 0 aliphatic carbocycles. The average Bonchev–Trinajstić information content (AvgIpc) is 3.17. The molecule has 7 nitrogen and oxygen atoms in total. The van der Waals surface area contributed by atoms with Gasteiger partial charge in [0.2, 0.25) is 0 Å². The molecule has 2 aromatic heterocycles. The Morgan fingerprint density at radius 2 is 1.84 bits per heavy atom. The maximum atomic E-state index is 13.1. The van der Waals surface area contributed by atoms with E-state index in [-0.39, 0.29) is 33.7 Å². The van der Waals surface area contributed by atoms with Crippen molar-refractivity contribution < 1.29 is 18.0 Å². The summed E-state index contributed by atoms with van der Waals surface area (Å²) in [6.07, 6.45) is -1.54. The van der Waals surface area contributed by atoms with Gasteiger partial charge in [0.05, 0.1) is 23.0 Å². The van der Waals surface area contributed by atoms with Crippen LogP contribution in [0.2, 0.25) is 0 Å². The second-order valence-electron chi connectivity index (χ2n) is 6.96. The normalized spacial score (nSPS) is 11.6. The van der Waals surface area contributed by atoms with Gasteiger partial charge in [0.25, 0.3) is 11.5 Å². The third-order valence-electron chi connectivity index (χ3n) is 4.74. The average molecular weight is 427 g/mol. The van der Waals surface area contributed by atoms with Gasteiger partial charge in [0, 0.05) is 25.9 Å². The molecule has 0 fully saturated rings. The summed E-state index contributed by atoms with van der Waals surface area (Å²) in [7, 11) is 3.15. The van der Waals surface area contributed by atoms with Crippen molar-refractivity contribution in [1.29, 1.82) is 0 Å². The molecule has 158 valence electrons. The van der Waals surface area contributed by atoms with Crippen molar-refractivity contribution >= 4 is 22.5 Å². The molecular formula is C21H16F3N5O2. The number of hydrogen-bond donors (Lipinski definition) is 1. The van der Waals surface area contributed by atoms with Crippen LogP contribution in [0.5, 0.6) is 0 Å². The molecule has 1 amide bonds. The topological polar surface area (TPSA) is 81.8 Å². The van der Waals surface area contributed by atoms with Gasteiger partial charge in [0.15, 0.2) is 0 Å². The van der Waals surface area contributed by atoms with Gasteiger partial charge in [-0.05, 0) is 24.3 Å². The lowest BCUT2D eigenvalue weighted by molar-refractivity contribution is -0.137. The number of imidazole rings is 1. The number of amides is 1. The number of benzene rings is 2. The first-order valence-corrected chi connectivity index (χ1v) is 9.12. The van der Waals surface area contributed by atoms with E-state index in [2.05, 4.69) is 15.3 Å². The van der Waals surface area contributed by atoms with Crippen molar-refractivity contribution in [2.45, 2.75) is 6.18 Å². The maximum absolute atomic E-state index is 13.1. The van der Waals surface area contributed by atoms with Crippen molar-refractivity contribution in [3.05, 3.63) is 76.6 Å². The third kappa shape index (κ3) is 3.79. The number of halogens is 3. The molecule has 0 radical (unpaired) electrons. The predicted molar refractivity (Wildman–Crippen MR) is 109 cm³/mol. The van der Waals surface area contributed by atoms with Crippen molar-refractivity contribution in [2.24, 2.45) is 14.1 Å². The Bertz CT molecular complexity index is 1370. The number of hydrogen-bond acceptors (Lipinski definition) is 4. The SMILES string of the molecule is Cn1cnc(C(=O)Nc2cccc3c(=O)n(C)c(-c4cccc(C(F)(F)F)c4)nc23)c1. The number of alkyl halides is 3. The molecule has 0 saturated carbocycles. The summed E-state index contributed by atoms with van der Waals surface area (Å²) in [5.74, 6) is -0.459. The monoisotopic (exact) mass is 427 g/mol. The Labute approximate surface area is 173 Å². The molecule has 10 heteroatoms. The van der Waals surface area contributed by atoms with Crippen LogP contribution in [-0.4, -0.2) is 25.0 Å². The number of para-hydroxylation sites is 1. The molecule has 1 N–H and O–H groups in total. The summed E-state index contributed by atoms with van der Waals surface area (Å²) >= 11 is 0. The summed E-state index contributed by atoms with van der Waals surface area (Å²) in [5.41, 5.74) is -0.590. The van der Waals surface area contributed by atoms with Crippen LogP contribution in [0.15, 0.2) is 59.8 Å². The standard InChI is InChI=1S/C21H16F3N5O2/c1-28-10-16(25-11-28)19(30)26-15-8-4-7-14-17(15)27-18(29(2)20(14)31)12-5-3-6-13(9-12)21(22,23)24/h3-11H,1-2H3,(H,26,30). The zero-order valence-corrected chi connectivity index (χ0v) is 16.4. The molecule has 31 heavy (non-hydrogen) atoms. The van der Waals surface area contributed by atoms with Crippen molar-refractivity contribution in [2.75, 3.05) is 5.32 Å². The number of aryl methyl sites for hydroxylation is 1. The molecule has 4 rings (SSSR count). The van der Waals surface area contributed by atoms with Gasteiger partial charge in [-0.2, -0.15) is 13.2 Å². The molecule has 2 heterocycles. The molecule has 2 aromatic carbocycles. The van der Waals surface area contributed by atoms with Gasteiger partial charge in [-0.15, -0.1) is 0 Å². The summed E-state index contributed by atoms with van der Waals surface area (Å²) in [5, 5.41) is 2.89. The van der Waals surface area contributed by atoms with Crippen molar-refractivity contribution in [3.8, 4) is 11.4 Å². The van der Waals surface area contributed by atoms with Gasteiger partial charge in [-0.3, -0.25) is 14.2 Å². The second kappa shape index (κ2) is 7.38. The first-order valence-electron chi connectivity index (χ1n) is 9.12. The molecule has 0 saturated heterocycles. The molecule has 0 aliphatic heterocycles. The summed E-state index contributed by atoms with van der Waals surface area (Å²) in [4.78, 5) is 33.8. The van der Waals surface area contributed by atoms with Crippen LogP contribution in [0.25, 0.3) is 22.3 Å². The van der Waals surface area contributed by atoms with E-state index in [4.69, 9.17) is 0 Å². The molecular weight excluding hydrogens is 411 g/mol. The van der Waals surface area contributed by atoms with Gasteiger partial charge in [-0.1, -0.05) is 18.2 Å². The largest absolute Gasteiger partial charge is 0.416 e. The minimum atomic E-state index is -4.53. The minimum Gasteiger partial charge on any atom is -0.340 e. The highest BCUT2D eigenvalue weighted by Gasteiger charge is 2.30. The smallest absolute Gasteiger partial charge is 0.340 e. The Morgan fingerprint density at radius 3 is 2.52 bits per heavy atom. The molecule has 0 unspecified atom stereocenters. The van der Waals surface area contributed by atoms with E-state index < -0.39 is 23.2 Å². The van der Waals surface area contributed by atoms with Crippen LogP contribution in [0.4, 0.5) is 18.9 Å². The highest BCUT2D eigenvalue weighted by molar-refractivity contribution is 6.07. The van der Waals surface area contributed by atoms with E-state index in [0.717, 1.165) is 12.1 Å². The first-order chi connectivity index (χ1) is 14.6. The number of carbonyl (C=O) groups excluding carboxylic acids is 1. The third-order valence-corrected chi connectivity index (χ3v) is 4.74. The van der Waals surface area contributed by atoms with Gasteiger partial charge in [0.1, 0.15) is 17.0 Å². The van der Waals surface area contributed by atoms with Crippen LogP contribution < -0.4 is 10.9 Å². The number of aromatic nitrogens is 4. The molecule has 4 aromatic rings. The van der Waals surface area contributed by atoms with E-state index >= 15 is 0 Å². The zero-order chi connectivity index (χ0) is 22.3. The van der Waals surface area contributed by atoms with Crippen LogP contribution in [0, 0.1) is 0 Å². The lowest BCUT2D eigenvalue weighted by Crippen LogP contribution is -2.21. The lowest BCUT2D eigenvalue weighted by atomic mass is 10.1. The van der Waals surface area contributed by atoms with E-state index in [1.165, 1.54) is 42.3 Å². The Balaban J connectivity index is 1.86. The lowest BCUT2D eigenvalue weighted by Gasteiger charge is -2.13. The number of nitrogens with zero attached hydrogens (tertiary/aromatic N) is 4. The summed E-state index contributed by atoms with van der Waals surface area (Å²) in [6, 6.07) is 9.26. The summed E-state index contributed by atoms with van der Waals surface area (Å²) < 4.78 is 42.2. The zero-order valence-electron chi connectivity index (χ0n) is 16.4. The van der Waals surface area contributed by atoms with Gasteiger partial charge >= 0.3 is 6.18 Å². The van der Waals surface area contributed by atoms with Crippen molar-refractivity contribution in [1.82, 2.24) is 19.1 Å². The molecule has 0 bridgehead atoms. The predicted octanol–water partition coefficient (Wildman–Crippen LogP) is 3.61. The Morgan fingerprint density at radius 1 is 1.10 bits per heavy atom. The fraction of sp³-hybridized carbons (Fsp3) is 0.143. The minimum absolute atomic E-state index is 0.0446. The van der Waals surface area contributed by atoms with E-state index in [1.54, 1.807) is 23.7 Å². The first kappa shape index (κ1) is 20.3. The number of fused-ring (bicyclic) bond motifs is 1. The maximum Gasteiger partial charge on any atom is 0.416 e. The molecule has 0 atom stereocenters. The molecule has 0 aliphatic rings. The van der Waals surface area contributed by atoms with Crippen LogP contribution in [-0.2, 0) is 20.3 Å². The van der Waals surface area contributed by atoms with E-state index in [1.807, 2.05) is 0 Å². The quantitative estimate of drug-likeness (QED) is 0.542. The Kier molecular flexibility index (Phi) is 4.84. The second-order valence-corrected chi connectivity index (χ2v) is 6.96. The van der Waals surface area contributed by atoms with Crippen LogP contribution in [0.3, 0.4) is 0 Å². The van der Waals surface area contributed by atoms with Crippen LogP contribution in [0.1, 0.15) is 16.1 Å². The highest BCUT2D eigenvalue weighted by Crippen LogP contribution is 2.32. The van der Waals surface area contributed by atoms with Crippen molar-refractivity contribution in [3.63, 3.8) is 0 Å². The van der Waals surface area contributed by atoms with Gasteiger partial charge < -0.3 is 9.88 Å². The molecule has 0 spiro atoms. The van der Waals surface area contributed by atoms with Crippen LogP contribution >= 0.6 is 0 Å². The number of rotatable bonds is 3.